The number of hydrogen-bond acceptors (Lipinski definition) is 10. The van der Waals surface area contributed by atoms with Crippen molar-refractivity contribution >= 4 is 33.3 Å². The molecule has 2 N–H and O–H groups in total. The third-order valence-corrected chi connectivity index (χ3v) is 5.92. The lowest BCUT2D eigenvalue weighted by Crippen LogP contribution is -2.26. The quantitative estimate of drug-likeness (QED) is 0.529. The summed E-state index contributed by atoms with van der Waals surface area (Å²) < 4.78 is 10.6. The predicted molar refractivity (Wildman–Crippen MR) is 122 cm³/mol. The fourth-order valence-electron chi connectivity index (χ4n) is 3.52. The summed E-state index contributed by atoms with van der Waals surface area (Å²) in [6.45, 7) is 3.59. The van der Waals surface area contributed by atoms with Crippen LogP contribution in [-0.4, -0.2) is 59.7 Å². The number of hydrogen-bond donors (Lipinski definition) is 2. The number of carbonyl (C=O) groups is 1. The molecule has 10 nitrogen and oxygen atoms in total. The molecule has 1 saturated heterocycles. The summed E-state index contributed by atoms with van der Waals surface area (Å²) in [7, 11) is 3.07. The molecule has 1 aliphatic rings. The van der Waals surface area contributed by atoms with Gasteiger partial charge >= 0.3 is 0 Å². The van der Waals surface area contributed by atoms with Gasteiger partial charge in [-0.2, -0.15) is 5.10 Å². The third-order valence-electron chi connectivity index (χ3n) is 5.15. The molecular weight excluding hydrogens is 430 g/mol. The Hall–Kier alpha value is -3.31. The molecule has 2 aromatic heterocycles. The Kier molecular flexibility index (Phi) is 6.76. The maximum absolute atomic E-state index is 12.7. The molecule has 168 valence electrons. The standard InChI is InChI=1S/C21H25N7O3S/c1-13-7-8-17(25-24-13)28-10-9-15(12-28)22-20-26-27-21(32-20)23-19(29)18(31-3)14-5-4-6-16(11-14)30-2/h4-8,11,15,18H,9-10,12H2,1-3H3,(H,22,26)(H,23,27,29)/t15-,18+/m1/s1. The van der Waals surface area contributed by atoms with Crippen molar-refractivity contribution in [3.63, 3.8) is 0 Å². The van der Waals surface area contributed by atoms with Gasteiger partial charge in [-0.25, -0.2) is 0 Å². The number of anilines is 3. The van der Waals surface area contributed by atoms with E-state index in [4.69, 9.17) is 9.47 Å². The summed E-state index contributed by atoms with van der Waals surface area (Å²) in [5, 5.41) is 23.9. The van der Waals surface area contributed by atoms with E-state index in [-0.39, 0.29) is 11.9 Å². The molecule has 0 bridgehead atoms. The van der Waals surface area contributed by atoms with Gasteiger partial charge in [0.2, 0.25) is 10.3 Å². The van der Waals surface area contributed by atoms with Gasteiger partial charge in [-0.05, 0) is 43.2 Å². The SMILES string of the molecule is COc1cccc([C@H](OC)C(=O)Nc2nnc(N[C@@H]3CCN(c4ccc(C)nn4)C3)s2)c1. The lowest BCUT2D eigenvalue weighted by molar-refractivity contribution is -0.126. The fraction of sp³-hybridized carbons (Fsp3) is 0.381. The second kappa shape index (κ2) is 9.88. The minimum atomic E-state index is -0.788. The normalized spacial score (nSPS) is 16.6. The maximum Gasteiger partial charge on any atom is 0.259 e. The molecule has 1 aromatic carbocycles. The monoisotopic (exact) mass is 455 g/mol. The van der Waals surface area contributed by atoms with Crippen molar-refractivity contribution < 1.29 is 14.3 Å². The first kappa shape index (κ1) is 21.9. The van der Waals surface area contributed by atoms with Gasteiger partial charge < -0.3 is 19.7 Å². The van der Waals surface area contributed by atoms with E-state index in [0.29, 0.717) is 21.6 Å². The van der Waals surface area contributed by atoms with Crippen LogP contribution in [0.5, 0.6) is 5.75 Å². The molecule has 0 saturated carbocycles. The average Bonchev–Trinajstić information content (AvgIpc) is 3.45. The third kappa shape index (κ3) is 5.11. The van der Waals surface area contributed by atoms with Crippen LogP contribution in [-0.2, 0) is 9.53 Å². The van der Waals surface area contributed by atoms with Crippen molar-refractivity contribution in [3.8, 4) is 5.75 Å². The first-order chi connectivity index (χ1) is 15.6. The average molecular weight is 456 g/mol. The second-order valence-electron chi connectivity index (χ2n) is 7.40. The van der Waals surface area contributed by atoms with Crippen molar-refractivity contribution in [3.05, 3.63) is 47.7 Å². The van der Waals surface area contributed by atoms with E-state index in [1.54, 1.807) is 13.2 Å². The molecule has 1 fully saturated rings. The number of carbonyl (C=O) groups excluding carboxylic acids is 1. The van der Waals surface area contributed by atoms with Crippen LogP contribution in [0.15, 0.2) is 36.4 Å². The molecule has 2 atom stereocenters. The highest BCUT2D eigenvalue weighted by Gasteiger charge is 2.26. The first-order valence-electron chi connectivity index (χ1n) is 10.2. The highest BCUT2D eigenvalue weighted by Crippen LogP contribution is 2.27. The van der Waals surface area contributed by atoms with Crippen LogP contribution in [0.25, 0.3) is 0 Å². The van der Waals surface area contributed by atoms with Gasteiger partial charge in [0.05, 0.1) is 12.8 Å². The Morgan fingerprint density at radius 1 is 1.16 bits per heavy atom. The number of amides is 1. The minimum Gasteiger partial charge on any atom is -0.497 e. The molecule has 11 heteroatoms. The Labute approximate surface area is 190 Å². The van der Waals surface area contributed by atoms with Gasteiger partial charge in [0, 0.05) is 26.2 Å². The lowest BCUT2D eigenvalue weighted by atomic mass is 10.1. The second-order valence-corrected chi connectivity index (χ2v) is 8.38. The summed E-state index contributed by atoms with van der Waals surface area (Å²) in [6, 6.07) is 11.4. The van der Waals surface area contributed by atoms with Gasteiger partial charge in [-0.3, -0.25) is 10.1 Å². The van der Waals surface area contributed by atoms with Gasteiger partial charge in [0.15, 0.2) is 11.9 Å². The molecule has 1 amide bonds. The van der Waals surface area contributed by atoms with E-state index in [0.717, 1.165) is 31.0 Å². The van der Waals surface area contributed by atoms with Crippen LogP contribution in [0.4, 0.5) is 16.1 Å². The van der Waals surface area contributed by atoms with Gasteiger partial charge in [0.1, 0.15) is 5.75 Å². The first-order valence-corrected chi connectivity index (χ1v) is 11.0. The molecule has 3 aromatic rings. The fourth-order valence-corrected chi connectivity index (χ4v) is 4.25. The maximum atomic E-state index is 12.7. The number of nitrogens with one attached hydrogen (secondary N) is 2. The van der Waals surface area contributed by atoms with Crippen molar-refractivity contribution in [2.75, 3.05) is 42.8 Å². The highest BCUT2D eigenvalue weighted by molar-refractivity contribution is 7.19. The molecule has 0 radical (unpaired) electrons. The lowest BCUT2D eigenvalue weighted by Gasteiger charge is -2.17. The van der Waals surface area contributed by atoms with Crippen LogP contribution >= 0.6 is 11.3 Å². The molecule has 4 rings (SSSR count). The summed E-state index contributed by atoms with van der Waals surface area (Å²) in [5.74, 6) is 1.20. The van der Waals surface area contributed by atoms with E-state index in [1.807, 2.05) is 37.3 Å². The molecule has 0 unspecified atom stereocenters. The van der Waals surface area contributed by atoms with Gasteiger partial charge in [-0.1, -0.05) is 23.5 Å². The molecular formula is C21H25N7O3S. The van der Waals surface area contributed by atoms with Crippen molar-refractivity contribution in [1.82, 2.24) is 20.4 Å². The largest absolute Gasteiger partial charge is 0.497 e. The summed E-state index contributed by atoms with van der Waals surface area (Å²) in [5.41, 5.74) is 1.59. The predicted octanol–water partition coefficient (Wildman–Crippen LogP) is 2.66. The van der Waals surface area contributed by atoms with Crippen molar-refractivity contribution in [2.24, 2.45) is 0 Å². The summed E-state index contributed by atoms with van der Waals surface area (Å²) in [4.78, 5) is 14.9. The summed E-state index contributed by atoms with van der Waals surface area (Å²) >= 11 is 1.29. The Morgan fingerprint density at radius 3 is 2.75 bits per heavy atom. The highest BCUT2D eigenvalue weighted by atomic mass is 32.1. The van der Waals surface area contributed by atoms with E-state index >= 15 is 0 Å². The molecule has 32 heavy (non-hydrogen) atoms. The van der Waals surface area contributed by atoms with E-state index in [1.165, 1.54) is 18.4 Å². The van der Waals surface area contributed by atoms with Gasteiger partial charge in [-0.15, -0.1) is 15.3 Å². The number of rotatable bonds is 8. The van der Waals surface area contributed by atoms with Crippen LogP contribution in [0, 0.1) is 6.92 Å². The number of aromatic nitrogens is 4. The zero-order valence-corrected chi connectivity index (χ0v) is 18.9. The van der Waals surface area contributed by atoms with Crippen molar-refractivity contribution in [2.45, 2.75) is 25.5 Å². The van der Waals surface area contributed by atoms with Crippen LogP contribution in [0.1, 0.15) is 23.8 Å². The smallest absolute Gasteiger partial charge is 0.259 e. The molecule has 1 aliphatic heterocycles. The minimum absolute atomic E-state index is 0.207. The van der Waals surface area contributed by atoms with E-state index in [2.05, 4.69) is 35.9 Å². The zero-order chi connectivity index (χ0) is 22.5. The van der Waals surface area contributed by atoms with Crippen LogP contribution in [0.2, 0.25) is 0 Å². The van der Waals surface area contributed by atoms with Gasteiger partial charge in [0.25, 0.3) is 5.91 Å². The Balaban J connectivity index is 1.34. The van der Waals surface area contributed by atoms with Crippen molar-refractivity contribution in [1.29, 1.82) is 0 Å². The number of benzene rings is 1. The Bertz CT molecular complexity index is 1060. The Morgan fingerprint density at radius 2 is 2.00 bits per heavy atom. The molecule has 3 heterocycles. The zero-order valence-electron chi connectivity index (χ0n) is 18.1. The molecule has 0 aliphatic carbocycles. The topological polar surface area (TPSA) is 114 Å². The number of aryl methyl sites for hydroxylation is 1. The number of nitrogens with zero attached hydrogens (tertiary/aromatic N) is 5. The van der Waals surface area contributed by atoms with Crippen LogP contribution < -0.4 is 20.3 Å². The molecule has 0 spiro atoms. The number of methoxy groups -OCH3 is 2. The number of ether oxygens (including phenoxy) is 2. The van der Waals surface area contributed by atoms with Crippen LogP contribution in [0.3, 0.4) is 0 Å². The van der Waals surface area contributed by atoms with E-state index in [9.17, 15) is 4.79 Å². The summed E-state index contributed by atoms with van der Waals surface area (Å²) in [6.07, 6.45) is 0.155. The van der Waals surface area contributed by atoms with E-state index < -0.39 is 6.10 Å².